The van der Waals surface area contributed by atoms with Crippen molar-refractivity contribution < 1.29 is 4.79 Å². The summed E-state index contributed by atoms with van der Waals surface area (Å²) in [6.45, 7) is 11.0. The molecule has 2 nitrogen and oxygen atoms in total. The van der Waals surface area contributed by atoms with Crippen molar-refractivity contribution in [3.8, 4) is 0 Å². The van der Waals surface area contributed by atoms with Gasteiger partial charge in [0.2, 0.25) is 5.91 Å². The lowest BCUT2D eigenvalue weighted by Crippen LogP contribution is -2.35. The van der Waals surface area contributed by atoms with Gasteiger partial charge in [-0.2, -0.15) is 0 Å². The summed E-state index contributed by atoms with van der Waals surface area (Å²) in [5, 5.41) is 2.97. The van der Waals surface area contributed by atoms with Crippen LogP contribution in [-0.2, 0) is 4.79 Å². The Morgan fingerprint density at radius 2 is 1.72 bits per heavy atom. The molecule has 0 radical (unpaired) electrons. The predicted octanol–water partition coefficient (Wildman–Crippen LogP) is 4.46. The zero-order valence-corrected chi connectivity index (χ0v) is 12.6. The van der Waals surface area contributed by atoms with Gasteiger partial charge >= 0.3 is 0 Å². The van der Waals surface area contributed by atoms with Crippen LogP contribution in [-0.4, -0.2) is 12.5 Å². The Bertz CT molecular complexity index is 237. The highest BCUT2D eigenvalue weighted by atomic mass is 16.1. The van der Waals surface area contributed by atoms with Crippen LogP contribution in [0.2, 0.25) is 0 Å². The molecule has 1 atom stereocenters. The number of carbonyl (C=O) groups is 1. The molecule has 0 heterocycles. The number of nitrogens with one attached hydrogen (secondary N) is 1. The molecule has 0 aliphatic heterocycles. The van der Waals surface area contributed by atoms with Crippen molar-refractivity contribution in [2.45, 2.75) is 72.1 Å². The van der Waals surface area contributed by atoms with E-state index in [-0.39, 0.29) is 11.3 Å². The second-order valence-electron chi connectivity index (χ2n) is 5.65. The largest absolute Gasteiger partial charge is 0.352 e. The molecule has 0 aromatic heterocycles. The SMILES string of the molecule is C=CC(=O)NCC(C)(CCCC)CCCCCC. The van der Waals surface area contributed by atoms with Crippen LogP contribution in [0.1, 0.15) is 72.1 Å². The highest BCUT2D eigenvalue weighted by molar-refractivity contribution is 5.86. The molecular formula is C16H31NO. The van der Waals surface area contributed by atoms with Crippen molar-refractivity contribution in [3.05, 3.63) is 12.7 Å². The number of rotatable bonds is 11. The van der Waals surface area contributed by atoms with Crippen molar-refractivity contribution >= 4 is 5.91 Å². The van der Waals surface area contributed by atoms with Crippen LogP contribution in [0.4, 0.5) is 0 Å². The fourth-order valence-electron chi connectivity index (χ4n) is 2.26. The Labute approximate surface area is 113 Å². The lowest BCUT2D eigenvalue weighted by molar-refractivity contribution is -0.117. The third-order valence-corrected chi connectivity index (χ3v) is 3.64. The molecule has 0 rings (SSSR count). The minimum Gasteiger partial charge on any atom is -0.352 e. The number of carbonyl (C=O) groups excluding carboxylic acids is 1. The van der Waals surface area contributed by atoms with E-state index in [9.17, 15) is 4.79 Å². The molecule has 0 aliphatic carbocycles. The molecule has 0 aromatic rings. The zero-order chi connectivity index (χ0) is 13.9. The van der Waals surface area contributed by atoms with Crippen LogP contribution in [0.15, 0.2) is 12.7 Å². The third-order valence-electron chi connectivity index (χ3n) is 3.64. The second-order valence-corrected chi connectivity index (χ2v) is 5.65. The summed E-state index contributed by atoms with van der Waals surface area (Å²) in [5.74, 6) is -0.0497. The molecule has 18 heavy (non-hydrogen) atoms. The van der Waals surface area contributed by atoms with Crippen molar-refractivity contribution in [1.82, 2.24) is 5.32 Å². The maximum absolute atomic E-state index is 11.3. The highest BCUT2D eigenvalue weighted by Crippen LogP contribution is 2.30. The van der Waals surface area contributed by atoms with Crippen LogP contribution < -0.4 is 5.32 Å². The average Bonchev–Trinajstić information content (AvgIpc) is 2.39. The van der Waals surface area contributed by atoms with E-state index in [0.29, 0.717) is 0 Å². The Morgan fingerprint density at radius 1 is 1.11 bits per heavy atom. The lowest BCUT2D eigenvalue weighted by atomic mass is 9.80. The molecule has 1 N–H and O–H groups in total. The van der Waals surface area contributed by atoms with Gasteiger partial charge in [-0.1, -0.05) is 65.9 Å². The van der Waals surface area contributed by atoms with E-state index in [1.165, 1.54) is 57.4 Å². The molecule has 0 aliphatic rings. The first-order valence-electron chi connectivity index (χ1n) is 7.48. The summed E-state index contributed by atoms with van der Waals surface area (Å²) in [6, 6.07) is 0. The summed E-state index contributed by atoms with van der Waals surface area (Å²) in [7, 11) is 0. The molecule has 0 saturated heterocycles. The summed E-state index contributed by atoms with van der Waals surface area (Å²) in [5.41, 5.74) is 0.252. The van der Waals surface area contributed by atoms with Crippen LogP contribution in [0.25, 0.3) is 0 Å². The molecule has 0 aromatic carbocycles. The van der Waals surface area contributed by atoms with Crippen molar-refractivity contribution in [2.75, 3.05) is 6.54 Å². The van der Waals surface area contributed by atoms with E-state index in [2.05, 4.69) is 32.7 Å². The minimum absolute atomic E-state index is 0.0497. The lowest BCUT2D eigenvalue weighted by Gasteiger charge is -2.30. The molecule has 0 fully saturated rings. The van der Waals surface area contributed by atoms with Gasteiger partial charge in [-0.25, -0.2) is 0 Å². The number of amides is 1. The molecule has 2 heteroatoms. The monoisotopic (exact) mass is 253 g/mol. The van der Waals surface area contributed by atoms with E-state index >= 15 is 0 Å². The molecule has 0 bridgehead atoms. The van der Waals surface area contributed by atoms with E-state index in [1.54, 1.807) is 0 Å². The first-order valence-corrected chi connectivity index (χ1v) is 7.48. The Kier molecular flexibility index (Phi) is 9.72. The van der Waals surface area contributed by atoms with Gasteiger partial charge in [0.25, 0.3) is 0 Å². The van der Waals surface area contributed by atoms with Gasteiger partial charge in [0, 0.05) is 6.54 Å². The van der Waals surface area contributed by atoms with E-state index in [4.69, 9.17) is 0 Å². The zero-order valence-electron chi connectivity index (χ0n) is 12.6. The van der Waals surface area contributed by atoms with E-state index in [0.717, 1.165) is 6.54 Å². The first kappa shape index (κ1) is 17.2. The summed E-state index contributed by atoms with van der Waals surface area (Å²) in [6.07, 6.45) is 11.4. The Morgan fingerprint density at radius 3 is 2.28 bits per heavy atom. The number of hydrogen-bond donors (Lipinski definition) is 1. The van der Waals surface area contributed by atoms with Gasteiger partial charge in [-0.3, -0.25) is 4.79 Å². The standard InChI is InChI=1S/C16H31NO/c1-5-8-10-11-13-16(4,12-9-6-2)14-17-15(18)7-3/h7H,3,5-6,8-14H2,1-2,4H3,(H,17,18). The predicted molar refractivity (Wildman–Crippen MR) is 79.6 cm³/mol. The number of unbranched alkanes of at least 4 members (excludes halogenated alkanes) is 4. The Hall–Kier alpha value is -0.790. The molecule has 0 spiro atoms. The third kappa shape index (κ3) is 8.32. The van der Waals surface area contributed by atoms with Crippen LogP contribution in [0.3, 0.4) is 0 Å². The van der Waals surface area contributed by atoms with Gasteiger partial charge < -0.3 is 5.32 Å². The molecule has 1 amide bonds. The summed E-state index contributed by atoms with van der Waals surface area (Å²) in [4.78, 5) is 11.3. The van der Waals surface area contributed by atoms with E-state index < -0.39 is 0 Å². The summed E-state index contributed by atoms with van der Waals surface area (Å²) >= 11 is 0. The maximum atomic E-state index is 11.3. The average molecular weight is 253 g/mol. The number of hydrogen-bond acceptors (Lipinski definition) is 1. The molecule has 1 unspecified atom stereocenters. The van der Waals surface area contributed by atoms with Crippen LogP contribution in [0.5, 0.6) is 0 Å². The van der Waals surface area contributed by atoms with Crippen LogP contribution in [0, 0.1) is 5.41 Å². The fraction of sp³-hybridized carbons (Fsp3) is 0.812. The van der Waals surface area contributed by atoms with Gasteiger partial charge in [0.1, 0.15) is 0 Å². The second kappa shape index (κ2) is 10.2. The maximum Gasteiger partial charge on any atom is 0.243 e. The first-order chi connectivity index (χ1) is 8.58. The smallest absolute Gasteiger partial charge is 0.243 e. The highest BCUT2D eigenvalue weighted by Gasteiger charge is 2.23. The molecular weight excluding hydrogens is 222 g/mol. The van der Waals surface area contributed by atoms with Gasteiger partial charge in [-0.15, -0.1) is 0 Å². The topological polar surface area (TPSA) is 29.1 Å². The van der Waals surface area contributed by atoms with Gasteiger partial charge in [-0.05, 0) is 24.3 Å². The minimum atomic E-state index is -0.0497. The fourth-order valence-corrected chi connectivity index (χ4v) is 2.26. The van der Waals surface area contributed by atoms with Crippen molar-refractivity contribution in [1.29, 1.82) is 0 Å². The van der Waals surface area contributed by atoms with Gasteiger partial charge in [0.15, 0.2) is 0 Å². The molecule has 0 saturated carbocycles. The van der Waals surface area contributed by atoms with Gasteiger partial charge in [0.05, 0.1) is 0 Å². The van der Waals surface area contributed by atoms with Crippen LogP contribution >= 0.6 is 0 Å². The quantitative estimate of drug-likeness (QED) is 0.427. The van der Waals surface area contributed by atoms with E-state index in [1.807, 2.05) is 0 Å². The van der Waals surface area contributed by atoms with Crippen molar-refractivity contribution in [2.24, 2.45) is 5.41 Å². The summed E-state index contributed by atoms with van der Waals surface area (Å²) < 4.78 is 0. The Balaban J connectivity index is 4.14. The normalized spacial score (nSPS) is 13.9. The van der Waals surface area contributed by atoms with Crippen molar-refractivity contribution in [3.63, 3.8) is 0 Å². The molecule has 106 valence electrons.